The van der Waals surface area contributed by atoms with Gasteiger partial charge in [0, 0.05) is 17.9 Å². The van der Waals surface area contributed by atoms with Crippen molar-refractivity contribution in [3.8, 4) is 0 Å². The molecule has 0 spiro atoms. The van der Waals surface area contributed by atoms with Gasteiger partial charge < -0.3 is 10.3 Å². The van der Waals surface area contributed by atoms with E-state index in [-0.39, 0.29) is 5.54 Å². The first kappa shape index (κ1) is 14.4. The van der Waals surface area contributed by atoms with E-state index in [9.17, 15) is 0 Å². The number of hydrogen-bond donors (Lipinski definition) is 1. The summed E-state index contributed by atoms with van der Waals surface area (Å²) in [5.41, 5.74) is 7.62. The van der Waals surface area contributed by atoms with E-state index in [1.54, 1.807) is 0 Å². The van der Waals surface area contributed by atoms with Crippen molar-refractivity contribution in [2.75, 3.05) is 5.73 Å². The first-order valence-electron chi connectivity index (χ1n) is 7.72. The molecule has 3 heteroatoms. The van der Waals surface area contributed by atoms with Gasteiger partial charge in [-0.3, -0.25) is 0 Å². The van der Waals surface area contributed by atoms with Gasteiger partial charge in [0.1, 0.15) is 11.6 Å². The SMILES string of the molecule is CCc1nc(C2CCCC(C)C2)c(N)n1C(C)(C)C. The Kier molecular flexibility index (Phi) is 3.93. The van der Waals surface area contributed by atoms with Crippen LogP contribution in [0, 0.1) is 5.92 Å². The summed E-state index contributed by atoms with van der Waals surface area (Å²) in [6.07, 6.45) is 6.11. The minimum Gasteiger partial charge on any atom is -0.384 e. The van der Waals surface area contributed by atoms with E-state index in [2.05, 4.69) is 39.2 Å². The van der Waals surface area contributed by atoms with E-state index < -0.39 is 0 Å². The lowest BCUT2D eigenvalue weighted by atomic mass is 9.81. The summed E-state index contributed by atoms with van der Waals surface area (Å²) in [6.45, 7) is 11.1. The summed E-state index contributed by atoms with van der Waals surface area (Å²) < 4.78 is 2.24. The van der Waals surface area contributed by atoms with Gasteiger partial charge in [-0.2, -0.15) is 0 Å². The third kappa shape index (κ3) is 2.80. The number of aromatic nitrogens is 2. The van der Waals surface area contributed by atoms with Crippen LogP contribution < -0.4 is 5.73 Å². The van der Waals surface area contributed by atoms with E-state index >= 15 is 0 Å². The van der Waals surface area contributed by atoms with Crippen molar-refractivity contribution in [2.45, 2.75) is 78.2 Å². The third-order valence-electron chi connectivity index (χ3n) is 4.32. The lowest BCUT2D eigenvalue weighted by Gasteiger charge is -2.27. The average molecular weight is 263 g/mol. The molecule has 3 nitrogen and oxygen atoms in total. The fourth-order valence-corrected chi connectivity index (χ4v) is 3.47. The highest BCUT2D eigenvalue weighted by molar-refractivity contribution is 5.42. The Morgan fingerprint density at radius 3 is 2.47 bits per heavy atom. The molecule has 0 aliphatic heterocycles. The van der Waals surface area contributed by atoms with E-state index in [4.69, 9.17) is 10.7 Å². The Morgan fingerprint density at radius 2 is 2.00 bits per heavy atom. The Bertz CT molecular complexity index is 440. The highest BCUT2D eigenvalue weighted by Crippen LogP contribution is 2.39. The summed E-state index contributed by atoms with van der Waals surface area (Å²) in [5.74, 6) is 3.42. The fourth-order valence-electron chi connectivity index (χ4n) is 3.47. The molecule has 1 aromatic rings. The molecule has 0 saturated heterocycles. The number of rotatable bonds is 2. The van der Waals surface area contributed by atoms with Gasteiger partial charge in [-0.15, -0.1) is 0 Å². The monoisotopic (exact) mass is 263 g/mol. The molecule has 1 fully saturated rings. The maximum atomic E-state index is 6.44. The summed E-state index contributed by atoms with van der Waals surface area (Å²) in [6, 6.07) is 0. The fraction of sp³-hybridized carbons (Fsp3) is 0.812. The van der Waals surface area contributed by atoms with E-state index in [0.717, 1.165) is 24.0 Å². The molecule has 19 heavy (non-hydrogen) atoms. The van der Waals surface area contributed by atoms with Gasteiger partial charge in [0.05, 0.1) is 5.69 Å². The molecular formula is C16H29N3. The van der Waals surface area contributed by atoms with Crippen molar-refractivity contribution in [3.63, 3.8) is 0 Å². The molecule has 0 radical (unpaired) electrons. The van der Waals surface area contributed by atoms with Crippen LogP contribution >= 0.6 is 0 Å². The van der Waals surface area contributed by atoms with Crippen molar-refractivity contribution in [1.29, 1.82) is 0 Å². The van der Waals surface area contributed by atoms with Gasteiger partial charge in [-0.05, 0) is 39.5 Å². The predicted octanol–water partition coefficient (Wildman–Crippen LogP) is 4.08. The number of nitrogens with two attached hydrogens (primary N) is 1. The van der Waals surface area contributed by atoms with Gasteiger partial charge in [-0.1, -0.05) is 26.7 Å². The van der Waals surface area contributed by atoms with Crippen molar-refractivity contribution >= 4 is 5.82 Å². The van der Waals surface area contributed by atoms with Gasteiger partial charge in [-0.25, -0.2) is 4.98 Å². The lowest BCUT2D eigenvalue weighted by Crippen LogP contribution is -2.25. The zero-order valence-corrected chi connectivity index (χ0v) is 13.2. The van der Waals surface area contributed by atoms with Crippen LogP contribution in [0.4, 0.5) is 5.82 Å². The third-order valence-corrected chi connectivity index (χ3v) is 4.32. The Hall–Kier alpha value is -0.990. The quantitative estimate of drug-likeness (QED) is 0.874. The second-order valence-corrected chi connectivity index (χ2v) is 7.13. The van der Waals surface area contributed by atoms with Gasteiger partial charge >= 0.3 is 0 Å². The molecule has 2 N–H and O–H groups in total. The predicted molar refractivity (Wildman–Crippen MR) is 81.4 cm³/mol. The molecule has 0 bridgehead atoms. The molecule has 1 aromatic heterocycles. The van der Waals surface area contributed by atoms with Crippen LogP contribution in [-0.2, 0) is 12.0 Å². The number of imidazole rings is 1. The summed E-state index contributed by atoms with van der Waals surface area (Å²) in [5, 5.41) is 0. The van der Waals surface area contributed by atoms with Crippen LogP contribution in [-0.4, -0.2) is 9.55 Å². The van der Waals surface area contributed by atoms with E-state index in [1.807, 2.05) is 0 Å². The Labute approximate surface area is 117 Å². The maximum Gasteiger partial charge on any atom is 0.127 e. The second kappa shape index (κ2) is 5.18. The van der Waals surface area contributed by atoms with Crippen molar-refractivity contribution in [3.05, 3.63) is 11.5 Å². The smallest absolute Gasteiger partial charge is 0.127 e. The number of aryl methyl sites for hydroxylation is 1. The molecule has 2 unspecified atom stereocenters. The standard InChI is InChI=1S/C16H29N3/c1-6-13-18-14(12-9-7-8-11(2)10-12)15(17)19(13)16(3,4)5/h11-12H,6-10,17H2,1-5H3. The highest BCUT2D eigenvalue weighted by Gasteiger charge is 2.29. The van der Waals surface area contributed by atoms with Crippen molar-refractivity contribution in [2.24, 2.45) is 5.92 Å². The Balaban J connectivity index is 2.39. The summed E-state index contributed by atoms with van der Waals surface area (Å²) in [4.78, 5) is 4.89. The summed E-state index contributed by atoms with van der Waals surface area (Å²) in [7, 11) is 0. The zero-order chi connectivity index (χ0) is 14.2. The first-order valence-corrected chi connectivity index (χ1v) is 7.72. The molecule has 108 valence electrons. The van der Waals surface area contributed by atoms with Crippen LogP contribution in [0.5, 0.6) is 0 Å². The van der Waals surface area contributed by atoms with Gasteiger partial charge in [0.15, 0.2) is 0 Å². The zero-order valence-electron chi connectivity index (χ0n) is 13.2. The highest BCUT2D eigenvalue weighted by atomic mass is 15.2. The molecule has 0 amide bonds. The van der Waals surface area contributed by atoms with Crippen molar-refractivity contribution in [1.82, 2.24) is 9.55 Å². The van der Waals surface area contributed by atoms with Crippen LogP contribution in [0.2, 0.25) is 0 Å². The van der Waals surface area contributed by atoms with Crippen LogP contribution in [0.25, 0.3) is 0 Å². The second-order valence-electron chi connectivity index (χ2n) is 7.13. The number of hydrogen-bond acceptors (Lipinski definition) is 2. The molecule has 1 aliphatic carbocycles. The Morgan fingerprint density at radius 1 is 1.32 bits per heavy atom. The number of nitrogens with zero attached hydrogens (tertiary/aromatic N) is 2. The average Bonchev–Trinajstić information content (AvgIpc) is 2.66. The molecule has 0 aromatic carbocycles. The normalized spacial score (nSPS) is 24.7. The largest absolute Gasteiger partial charge is 0.384 e. The minimum absolute atomic E-state index is 0.0148. The molecule has 1 aliphatic rings. The maximum absolute atomic E-state index is 6.44. The minimum atomic E-state index is 0.0148. The molecule has 2 rings (SSSR count). The van der Waals surface area contributed by atoms with E-state index in [0.29, 0.717) is 5.92 Å². The summed E-state index contributed by atoms with van der Waals surface area (Å²) >= 11 is 0. The van der Waals surface area contributed by atoms with Gasteiger partial charge in [0.25, 0.3) is 0 Å². The molecule has 1 saturated carbocycles. The first-order chi connectivity index (χ1) is 8.84. The topological polar surface area (TPSA) is 43.8 Å². The number of anilines is 1. The van der Waals surface area contributed by atoms with Crippen LogP contribution in [0.3, 0.4) is 0 Å². The molecular weight excluding hydrogens is 234 g/mol. The van der Waals surface area contributed by atoms with E-state index in [1.165, 1.54) is 31.4 Å². The van der Waals surface area contributed by atoms with Gasteiger partial charge in [0.2, 0.25) is 0 Å². The number of nitrogen functional groups attached to an aromatic ring is 1. The molecule has 2 atom stereocenters. The lowest BCUT2D eigenvalue weighted by molar-refractivity contribution is 0.340. The van der Waals surface area contributed by atoms with Crippen LogP contribution in [0.1, 0.15) is 77.7 Å². The molecule has 1 heterocycles. The van der Waals surface area contributed by atoms with Crippen LogP contribution in [0.15, 0.2) is 0 Å². The van der Waals surface area contributed by atoms with Crippen molar-refractivity contribution < 1.29 is 0 Å².